The number of nitro groups is 1. The summed E-state index contributed by atoms with van der Waals surface area (Å²) in [6.07, 6.45) is 0. The Balaban J connectivity index is 0.00000128. The van der Waals surface area contributed by atoms with E-state index in [2.05, 4.69) is 41.6 Å². The van der Waals surface area contributed by atoms with Crippen LogP contribution in [0.3, 0.4) is 0 Å². The number of tetrazole rings is 2. The third kappa shape index (κ3) is 3.39. The Hall–Kier alpha value is -2.74. The molecule has 0 aliphatic rings. The molecule has 8 N–H and O–H groups in total. The van der Waals surface area contributed by atoms with E-state index in [1.165, 1.54) is 0 Å². The molecule has 2 aromatic rings. The summed E-state index contributed by atoms with van der Waals surface area (Å²) in [7, 11) is 0. The summed E-state index contributed by atoms with van der Waals surface area (Å²) in [6, 6.07) is 0. The van der Waals surface area contributed by atoms with E-state index >= 15 is 0 Å². The maximum atomic E-state index is 10.1. The highest BCUT2D eigenvalue weighted by molar-refractivity contribution is 5.23. The number of aromatic nitrogens is 8. The van der Waals surface area contributed by atoms with Crippen LogP contribution in [-0.4, -0.2) is 40.8 Å². The van der Waals surface area contributed by atoms with Gasteiger partial charge in [0.1, 0.15) is 11.0 Å². The molecule has 0 unspecified atom stereocenters. The monoisotopic (exact) mass is 246 g/mol. The second-order valence-corrected chi connectivity index (χ2v) is 2.27. The van der Waals surface area contributed by atoms with Crippen LogP contribution in [0.5, 0.6) is 0 Å². The lowest BCUT2D eigenvalue weighted by Crippen LogP contribution is -2.06. The highest BCUT2D eigenvalue weighted by Crippen LogP contribution is 2.11. The molecule has 0 atom stereocenters. The van der Waals surface area contributed by atoms with Crippen molar-refractivity contribution in [3.05, 3.63) is 21.4 Å². The van der Waals surface area contributed by atoms with Gasteiger partial charge in [-0.15, -0.1) is 10.4 Å². The van der Waals surface area contributed by atoms with E-state index in [1.807, 2.05) is 0 Å². The van der Waals surface area contributed by atoms with Crippen LogP contribution in [-0.2, 0) is 6.54 Å². The Labute approximate surface area is 93.1 Å². The topological polar surface area (TPSA) is 227 Å². The fourth-order valence-electron chi connectivity index (χ4n) is 0.807. The standard InChI is InChI=1S/C3H2N10O2.2H3N/c14-13(15)7-3-6-10-11-12(3)1-2-4-8-9-5-2;;/h1H2;2*1H3/q-2;;/p+2. The van der Waals surface area contributed by atoms with E-state index in [4.69, 9.17) is 0 Å². The van der Waals surface area contributed by atoms with Gasteiger partial charge in [0.15, 0.2) is 0 Å². The maximum Gasteiger partial charge on any atom is 0.127 e. The van der Waals surface area contributed by atoms with Gasteiger partial charge >= 0.3 is 0 Å². The molecule has 0 saturated carbocycles. The van der Waals surface area contributed by atoms with E-state index in [0.29, 0.717) is 0 Å². The average molecular weight is 246 g/mol. The fourth-order valence-corrected chi connectivity index (χ4v) is 0.807. The van der Waals surface area contributed by atoms with Crippen LogP contribution in [0.15, 0.2) is 0 Å². The molecule has 0 radical (unpaired) electrons. The molecular weight excluding hydrogens is 236 g/mol. The minimum absolute atomic E-state index is 0. The van der Waals surface area contributed by atoms with Gasteiger partial charge in [-0.1, -0.05) is 5.43 Å². The first-order valence-corrected chi connectivity index (χ1v) is 3.55. The molecule has 0 amide bonds. The van der Waals surface area contributed by atoms with Gasteiger partial charge in [0.05, 0.1) is 0 Å². The molecule has 0 saturated heterocycles. The quantitative estimate of drug-likeness (QED) is 0.487. The van der Waals surface area contributed by atoms with Crippen molar-refractivity contribution >= 4 is 5.95 Å². The van der Waals surface area contributed by atoms with Gasteiger partial charge in [-0.2, -0.15) is 5.21 Å². The smallest absolute Gasteiger partial charge is 0.127 e. The van der Waals surface area contributed by atoms with Gasteiger partial charge in [-0.3, -0.25) is 15.0 Å². The molecule has 0 aliphatic heterocycles. The summed E-state index contributed by atoms with van der Waals surface area (Å²) in [5, 5.41) is 32.7. The van der Waals surface area contributed by atoms with Gasteiger partial charge in [-0.25, -0.2) is 15.2 Å². The molecule has 0 bridgehead atoms. The highest BCUT2D eigenvalue weighted by atomic mass is 16.7. The second kappa shape index (κ2) is 5.98. The van der Waals surface area contributed by atoms with Crippen LogP contribution in [0.25, 0.3) is 5.43 Å². The minimum Gasteiger partial charge on any atom is -0.369 e. The molecule has 0 fully saturated rings. The van der Waals surface area contributed by atoms with Crippen molar-refractivity contribution in [2.75, 3.05) is 0 Å². The SMILES string of the molecule is O=[N+]([O-])[N-]c1nnnn1Cc1nnn[n-]1.[NH4+].[NH4+]. The summed E-state index contributed by atoms with van der Waals surface area (Å²) >= 11 is 0. The fraction of sp³-hybridized carbons (Fsp3) is 0.333. The van der Waals surface area contributed by atoms with Crippen LogP contribution in [0.1, 0.15) is 5.82 Å². The van der Waals surface area contributed by atoms with Crippen molar-refractivity contribution in [2.45, 2.75) is 6.54 Å². The molecule has 2 heterocycles. The van der Waals surface area contributed by atoms with Crippen molar-refractivity contribution in [2.24, 2.45) is 0 Å². The number of hydrogen-bond donors (Lipinski definition) is 2. The summed E-state index contributed by atoms with van der Waals surface area (Å²) in [6.45, 7) is 0.0205. The first-order valence-electron chi connectivity index (χ1n) is 3.55. The van der Waals surface area contributed by atoms with Crippen LogP contribution < -0.4 is 17.4 Å². The molecule has 0 aliphatic carbocycles. The second-order valence-electron chi connectivity index (χ2n) is 2.27. The molecule has 17 heavy (non-hydrogen) atoms. The summed E-state index contributed by atoms with van der Waals surface area (Å²) < 4.78 is 1.06. The number of rotatable bonds is 4. The van der Waals surface area contributed by atoms with Gasteiger partial charge in [0.25, 0.3) is 0 Å². The lowest BCUT2D eigenvalue weighted by atomic mass is 10.6. The van der Waals surface area contributed by atoms with Gasteiger partial charge in [-0.05, 0) is 0 Å². The number of hydrogen-bond acceptors (Lipinski definition) is 8. The largest absolute Gasteiger partial charge is 0.369 e. The lowest BCUT2D eigenvalue weighted by Gasteiger charge is -2.07. The van der Waals surface area contributed by atoms with Crippen molar-refractivity contribution in [3.63, 3.8) is 0 Å². The molecule has 14 heteroatoms. The van der Waals surface area contributed by atoms with Crippen LogP contribution in [0.4, 0.5) is 5.95 Å². The molecule has 14 nitrogen and oxygen atoms in total. The zero-order valence-electron chi connectivity index (χ0n) is 9.00. The van der Waals surface area contributed by atoms with E-state index in [0.717, 1.165) is 4.68 Å². The molecule has 94 valence electrons. The molecule has 0 aromatic carbocycles. The summed E-state index contributed by atoms with van der Waals surface area (Å²) in [5.74, 6) is -0.00750. The van der Waals surface area contributed by atoms with E-state index in [-0.39, 0.29) is 30.6 Å². The van der Waals surface area contributed by atoms with Crippen molar-refractivity contribution in [1.82, 2.24) is 53.1 Å². The molecule has 2 rings (SSSR count). The van der Waals surface area contributed by atoms with Crippen molar-refractivity contribution < 1.29 is 5.03 Å². The van der Waals surface area contributed by atoms with Crippen molar-refractivity contribution in [3.8, 4) is 0 Å². The van der Waals surface area contributed by atoms with Crippen molar-refractivity contribution in [1.29, 1.82) is 0 Å². The minimum atomic E-state index is -0.898. The van der Waals surface area contributed by atoms with Gasteiger partial charge in [0, 0.05) is 12.4 Å². The predicted octanol–water partition coefficient (Wildman–Crippen LogP) is -1.19. The Kier molecular flexibility index (Phi) is 5.01. The number of quaternary nitrogens is 2. The Bertz CT molecular complexity index is 446. The van der Waals surface area contributed by atoms with E-state index in [1.54, 1.807) is 0 Å². The van der Waals surface area contributed by atoms with Crippen LogP contribution in [0, 0.1) is 10.1 Å². The summed E-state index contributed by atoms with van der Waals surface area (Å²) in [5.41, 5.74) is 2.95. The maximum absolute atomic E-state index is 10.1. The molecule has 0 spiro atoms. The van der Waals surface area contributed by atoms with E-state index < -0.39 is 5.03 Å². The van der Waals surface area contributed by atoms with Crippen LogP contribution in [0.2, 0.25) is 0 Å². The Morgan fingerprint density at radius 2 is 2.12 bits per heavy atom. The lowest BCUT2D eigenvalue weighted by molar-refractivity contribution is -0.419. The number of nitrogens with zero attached hydrogens (tertiary/aromatic N) is 10. The highest BCUT2D eigenvalue weighted by Gasteiger charge is 2.01. The first kappa shape index (κ1) is 14.3. The van der Waals surface area contributed by atoms with Crippen LogP contribution >= 0.6 is 0 Å². The van der Waals surface area contributed by atoms with Gasteiger partial charge < -0.3 is 17.4 Å². The Morgan fingerprint density at radius 3 is 2.71 bits per heavy atom. The third-order valence-corrected chi connectivity index (χ3v) is 1.34. The zero-order chi connectivity index (χ0) is 10.7. The molecular formula is C3H10N12O2. The average Bonchev–Trinajstić information content (AvgIpc) is 2.78. The third-order valence-electron chi connectivity index (χ3n) is 1.34. The molecule has 2 aromatic heterocycles. The Morgan fingerprint density at radius 1 is 1.35 bits per heavy atom. The predicted molar refractivity (Wildman–Crippen MR) is 52.0 cm³/mol. The first-order chi connectivity index (χ1) is 7.25. The van der Waals surface area contributed by atoms with Gasteiger partial charge in [0.2, 0.25) is 0 Å². The van der Waals surface area contributed by atoms with E-state index in [9.17, 15) is 10.1 Å². The zero-order valence-corrected chi connectivity index (χ0v) is 9.00. The normalized spacial score (nSPS) is 8.94. The summed E-state index contributed by atoms with van der Waals surface area (Å²) in [4.78, 5) is 10.1.